The molecule has 1 amide bonds. The van der Waals surface area contributed by atoms with Gasteiger partial charge in [0.25, 0.3) is 5.56 Å². The number of para-hydroxylation sites is 1. The number of carbonyl (C=O) groups is 1. The second-order valence-corrected chi connectivity index (χ2v) is 9.19. The maximum atomic E-state index is 12.9. The molecular formula is C23H31N3O2S. The molecule has 0 bridgehead atoms. The van der Waals surface area contributed by atoms with Gasteiger partial charge in [0.15, 0.2) is 4.77 Å². The molecule has 2 aliphatic rings. The van der Waals surface area contributed by atoms with Gasteiger partial charge in [0.1, 0.15) is 0 Å². The van der Waals surface area contributed by atoms with Crippen molar-refractivity contribution in [2.75, 3.05) is 0 Å². The molecule has 2 saturated carbocycles. The Labute approximate surface area is 176 Å². The van der Waals surface area contributed by atoms with Gasteiger partial charge in [-0.05, 0) is 68.8 Å². The number of aromatic amines is 1. The van der Waals surface area contributed by atoms with Crippen molar-refractivity contribution >= 4 is 29.0 Å². The van der Waals surface area contributed by atoms with E-state index < -0.39 is 0 Å². The van der Waals surface area contributed by atoms with Gasteiger partial charge in [0.2, 0.25) is 5.91 Å². The van der Waals surface area contributed by atoms with Crippen molar-refractivity contribution in [1.82, 2.24) is 14.9 Å². The Kier molecular flexibility index (Phi) is 6.48. The van der Waals surface area contributed by atoms with E-state index in [4.69, 9.17) is 12.2 Å². The van der Waals surface area contributed by atoms with Gasteiger partial charge >= 0.3 is 0 Å². The average molecular weight is 414 g/mol. The van der Waals surface area contributed by atoms with Crippen LogP contribution >= 0.6 is 12.2 Å². The van der Waals surface area contributed by atoms with E-state index in [1.165, 1.54) is 25.7 Å². The summed E-state index contributed by atoms with van der Waals surface area (Å²) in [4.78, 5) is 28.7. The van der Waals surface area contributed by atoms with Crippen LogP contribution in [0.4, 0.5) is 0 Å². The molecule has 0 radical (unpaired) electrons. The maximum absolute atomic E-state index is 12.9. The topological polar surface area (TPSA) is 66.9 Å². The van der Waals surface area contributed by atoms with Crippen LogP contribution in [-0.4, -0.2) is 21.5 Å². The minimum absolute atomic E-state index is 0.0161. The lowest BCUT2D eigenvalue weighted by Gasteiger charge is -2.29. The molecule has 2 aromatic rings. The standard InChI is InChI=1S/C23H31N3O2S/c27-21(24-18-7-3-1-2-4-8-18)17-13-11-16(12-14-17)15-26-22(28)19-9-5-6-10-20(19)25-23(26)29/h5-6,9-10,16-18H,1-4,7-8,11-15H2,(H,24,27)(H,25,29). The zero-order valence-electron chi connectivity index (χ0n) is 17.0. The fourth-order valence-electron chi connectivity index (χ4n) is 4.97. The molecule has 2 aliphatic carbocycles. The SMILES string of the molecule is O=C(NC1CCCCCC1)C1CCC(Cn2c(=S)[nH]c3ccccc3c2=O)CC1. The predicted octanol–water partition coefficient (Wildman–Crippen LogP) is 4.70. The summed E-state index contributed by atoms with van der Waals surface area (Å²) in [6.45, 7) is 0.635. The Hall–Kier alpha value is -1.95. The first-order valence-corrected chi connectivity index (χ1v) is 11.5. The van der Waals surface area contributed by atoms with Crippen molar-refractivity contribution in [1.29, 1.82) is 0 Å². The highest BCUT2D eigenvalue weighted by Gasteiger charge is 2.28. The molecule has 29 heavy (non-hydrogen) atoms. The number of H-pyrrole nitrogens is 1. The van der Waals surface area contributed by atoms with Gasteiger partial charge < -0.3 is 10.3 Å². The number of benzene rings is 1. The third-order valence-corrected chi connectivity index (χ3v) is 7.07. The molecular weight excluding hydrogens is 382 g/mol. The van der Waals surface area contributed by atoms with Crippen molar-refractivity contribution in [3.05, 3.63) is 39.4 Å². The van der Waals surface area contributed by atoms with Gasteiger partial charge in [-0.2, -0.15) is 0 Å². The molecule has 0 atom stereocenters. The van der Waals surface area contributed by atoms with Crippen LogP contribution in [0.2, 0.25) is 0 Å². The first kappa shape index (κ1) is 20.3. The lowest BCUT2D eigenvalue weighted by molar-refractivity contribution is -0.127. The summed E-state index contributed by atoms with van der Waals surface area (Å²) in [6.07, 6.45) is 11.1. The summed E-state index contributed by atoms with van der Waals surface area (Å²) in [7, 11) is 0. The number of amides is 1. The quantitative estimate of drug-likeness (QED) is 0.564. The van der Waals surface area contributed by atoms with Crippen LogP contribution in [0.25, 0.3) is 10.9 Å². The summed E-state index contributed by atoms with van der Waals surface area (Å²) < 4.78 is 2.19. The molecule has 0 spiro atoms. The highest BCUT2D eigenvalue weighted by atomic mass is 32.1. The zero-order valence-corrected chi connectivity index (χ0v) is 17.8. The van der Waals surface area contributed by atoms with Crippen molar-refractivity contribution in [3.8, 4) is 0 Å². The number of carbonyl (C=O) groups excluding carboxylic acids is 1. The maximum Gasteiger partial charge on any atom is 0.262 e. The first-order chi connectivity index (χ1) is 14.1. The molecule has 1 aromatic heterocycles. The van der Waals surface area contributed by atoms with E-state index in [2.05, 4.69) is 10.3 Å². The first-order valence-electron chi connectivity index (χ1n) is 11.1. The van der Waals surface area contributed by atoms with Gasteiger partial charge in [0.05, 0.1) is 10.9 Å². The number of rotatable bonds is 4. The van der Waals surface area contributed by atoms with Crippen LogP contribution < -0.4 is 10.9 Å². The summed E-state index contributed by atoms with van der Waals surface area (Å²) in [6, 6.07) is 7.88. The second kappa shape index (κ2) is 9.24. The lowest BCUT2D eigenvalue weighted by Crippen LogP contribution is -2.40. The summed E-state index contributed by atoms with van der Waals surface area (Å²) in [5, 5.41) is 3.99. The number of nitrogens with zero attached hydrogens (tertiary/aromatic N) is 1. The van der Waals surface area contributed by atoms with Gasteiger partial charge in [-0.25, -0.2) is 0 Å². The number of aromatic nitrogens is 2. The van der Waals surface area contributed by atoms with Gasteiger partial charge in [0, 0.05) is 18.5 Å². The molecule has 1 heterocycles. The third kappa shape index (κ3) is 4.80. The second-order valence-electron chi connectivity index (χ2n) is 8.81. The van der Waals surface area contributed by atoms with Gasteiger partial charge in [-0.1, -0.05) is 37.8 Å². The van der Waals surface area contributed by atoms with Crippen molar-refractivity contribution in [3.63, 3.8) is 0 Å². The fourth-order valence-corrected chi connectivity index (χ4v) is 5.24. The molecule has 1 aromatic carbocycles. The van der Waals surface area contributed by atoms with E-state index in [9.17, 15) is 9.59 Å². The predicted molar refractivity (Wildman–Crippen MR) is 118 cm³/mol. The molecule has 2 N–H and O–H groups in total. The third-order valence-electron chi connectivity index (χ3n) is 6.75. The van der Waals surface area contributed by atoms with E-state index >= 15 is 0 Å². The largest absolute Gasteiger partial charge is 0.353 e. The minimum atomic E-state index is -0.0161. The highest BCUT2D eigenvalue weighted by Crippen LogP contribution is 2.30. The molecule has 156 valence electrons. The lowest BCUT2D eigenvalue weighted by atomic mass is 9.81. The van der Waals surface area contributed by atoms with Crippen LogP contribution in [0.3, 0.4) is 0 Å². The van der Waals surface area contributed by atoms with E-state index in [1.54, 1.807) is 4.57 Å². The van der Waals surface area contributed by atoms with Crippen LogP contribution in [0.5, 0.6) is 0 Å². The summed E-state index contributed by atoms with van der Waals surface area (Å²) >= 11 is 5.45. The number of nitrogens with one attached hydrogen (secondary N) is 2. The van der Waals surface area contributed by atoms with E-state index in [0.717, 1.165) is 44.0 Å². The van der Waals surface area contributed by atoms with Crippen LogP contribution in [0, 0.1) is 16.6 Å². The Morgan fingerprint density at radius 3 is 2.45 bits per heavy atom. The highest BCUT2D eigenvalue weighted by molar-refractivity contribution is 7.71. The van der Waals surface area contributed by atoms with Crippen molar-refractivity contribution in [2.45, 2.75) is 76.8 Å². The Morgan fingerprint density at radius 2 is 1.72 bits per heavy atom. The number of hydrogen-bond donors (Lipinski definition) is 2. The molecule has 0 unspecified atom stereocenters. The van der Waals surface area contributed by atoms with Crippen LogP contribution in [0.15, 0.2) is 29.1 Å². The number of fused-ring (bicyclic) bond motifs is 1. The van der Waals surface area contributed by atoms with Gasteiger partial charge in [-0.3, -0.25) is 14.2 Å². The Bertz CT molecular complexity index is 964. The molecule has 0 saturated heterocycles. The monoisotopic (exact) mass is 413 g/mol. The van der Waals surface area contributed by atoms with Gasteiger partial charge in [-0.15, -0.1) is 0 Å². The minimum Gasteiger partial charge on any atom is -0.353 e. The zero-order chi connectivity index (χ0) is 20.2. The average Bonchev–Trinajstić information content (AvgIpc) is 3.00. The smallest absolute Gasteiger partial charge is 0.262 e. The molecule has 2 fully saturated rings. The Balaban J connectivity index is 1.35. The molecule has 5 nitrogen and oxygen atoms in total. The van der Waals surface area contributed by atoms with E-state index in [1.807, 2.05) is 24.3 Å². The number of hydrogen-bond acceptors (Lipinski definition) is 3. The normalized spacial score (nSPS) is 23.6. The van der Waals surface area contributed by atoms with E-state index in [-0.39, 0.29) is 17.4 Å². The van der Waals surface area contributed by atoms with Crippen LogP contribution in [0.1, 0.15) is 64.2 Å². The van der Waals surface area contributed by atoms with Crippen LogP contribution in [-0.2, 0) is 11.3 Å². The summed E-state index contributed by atoms with van der Waals surface area (Å²) in [5.41, 5.74) is 0.773. The summed E-state index contributed by atoms with van der Waals surface area (Å²) in [5.74, 6) is 0.763. The Morgan fingerprint density at radius 1 is 1.03 bits per heavy atom. The van der Waals surface area contributed by atoms with Crippen molar-refractivity contribution in [2.24, 2.45) is 11.8 Å². The molecule has 4 rings (SSSR count). The molecule has 6 heteroatoms. The fraction of sp³-hybridized carbons (Fsp3) is 0.609. The van der Waals surface area contributed by atoms with E-state index in [0.29, 0.717) is 28.7 Å². The molecule has 0 aliphatic heterocycles. The van der Waals surface area contributed by atoms with Crippen molar-refractivity contribution < 1.29 is 4.79 Å².